The molecule has 0 radical (unpaired) electrons. The van der Waals surface area contributed by atoms with Gasteiger partial charge in [0, 0.05) is 25.3 Å². The van der Waals surface area contributed by atoms with Gasteiger partial charge in [-0.2, -0.15) is 13.2 Å². The molecule has 2 rings (SSSR count). The summed E-state index contributed by atoms with van der Waals surface area (Å²) in [6.07, 6.45) is -3.98. The molecule has 3 nitrogen and oxygen atoms in total. The molecule has 0 saturated carbocycles. The van der Waals surface area contributed by atoms with Crippen molar-refractivity contribution in [3.8, 4) is 0 Å². The predicted octanol–water partition coefficient (Wildman–Crippen LogP) is 2.27. The highest BCUT2D eigenvalue weighted by atomic mass is 19.4. The maximum absolute atomic E-state index is 12.7. The molecule has 0 aliphatic carbocycles. The van der Waals surface area contributed by atoms with Gasteiger partial charge in [-0.05, 0) is 12.1 Å². The summed E-state index contributed by atoms with van der Waals surface area (Å²) in [5.74, 6) is 0. The number of hydrogen-bond acceptors (Lipinski definition) is 3. The minimum absolute atomic E-state index is 0.0228. The first-order valence-corrected chi connectivity index (χ1v) is 5.61. The molecule has 1 saturated heterocycles. The van der Waals surface area contributed by atoms with Gasteiger partial charge in [0.2, 0.25) is 0 Å². The van der Waals surface area contributed by atoms with Gasteiger partial charge in [-0.15, -0.1) is 0 Å². The smallest absolute Gasteiger partial charge is 0.386 e. The van der Waals surface area contributed by atoms with E-state index < -0.39 is 17.3 Å². The van der Waals surface area contributed by atoms with Gasteiger partial charge in [-0.1, -0.05) is 12.1 Å². The van der Waals surface area contributed by atoms with E-state index >= 15 is 0 Å². The Morgan fingerprint density at radius 1 is 1.33 bits per heavy atom. The number of rotatable bonds is 3. The number of aliphatic hydroxyl groups is 1. The van der Waals surface area contributed by atoms with Crippen molar-refractivity contribution < 1.29 is 23.0 Å². The average Bonchev–Trinajstić information content (AvgIpc) is 2.73. The molecule has 0 aromatic heterocycles. The molecule has 2 N–H and O–H groups in total. The fourth-order valence-electron chi connectivity index (χ4n) is 1.88. The van der Waals surface area contributed by atoms with Gasteiger partial charge < -0.3 is 15.2 Å². The summed E-state index contributed by atoms with van der Waals surface area (Å²) in [6.45, 7) is 0.618. The second-order valence-corrected chi connectivity index (χ2v) is 4.42. The van der Waals surface area contributed by atoms with Crippen LogP contribution in [-0.2, 0) is 10.9 Å². The molecule has 1 aromatic rings. The van der Waals surface area contributed by atoms with Crippen molar-refractivity contribution in [2.24, 2.45) is 0 Å². The number of alkyl halides is 3. The lowest BCUT2D eigenvalue weighted by Crippen LogP contribution is -2.37. The summed E-state index contributed by atoms with van der Waals surface area (Å²) < 4.78 is 43.2. The van der Waals surface area contributed by atoms with Gasteiger partial charge in [0.1, 0.15) is 5.60 Å². The predicted molar refractivity (Wildman–Crippen MR) is 60.3 cm³/mol. The SMILES string of the molecule is OC1(CNc2ccccc2C(F)(F)F)CCOC1. The van der Waals surface area contributed by atoms with Crippen LogP contribution in [0.2, 0.25) is 0 Å². The van der Waals surface area contributed by atoms with E-state index in [-0.39, 0.29) is 18.8 Å². The van der Waals surface area contributed by atoms with E-state index in [0.717, 1.165) is 6.07 Å². The monoisotopic (exact) mass is 261 g/mol. The van der Waals surface area contributed by atoms with Crippen LogP contribution in [0.25, 0.3) is 0 Å². The second-order valence-electron chi connectivity index (χ2n) is 4.42. The van der Waals surface area contributed by atoms with Crippen LogP contribution in [0, 0.1) is 0 Å². The Bertz CT molecular complexity index is 414. The van der Waals surface area contributed by atoms with Crippen LogP contribution in [0.3, 0.4) is 0 Å². The third-order valence-corrected chi connectivity index (χ3v) is 2.92. The van der Waals surface area contributed by atoms with Crippen molar-refractivity contribution in [3.05, 3.63) is 29.8 Å². The first-order chi connectivity index (χ1) is 8.41. The van der Waals surface area contributed by atoms with Crippen LogP contribution in [0.5, 0.6) is 0 Å². The molecule has 1 heterocycles. The molecule has 1 aliphatic heterocycles. The van der Waals surface area contributed by atoms with Gasteiger partial charge >= 0.3 is 6.18 Å². The van der Waals surface area contributed by atoms with Crippen LogP contribution in [-0.4, -0.2) is 30.5 Å². The van der Waals surface area contributed by atoms with Crippen molar-refractivity contribution in [2.75, 3.05) is 25.1 Å². The summed E-state index contributed by atoms with van der Waals surface area (Å²) in [4.78, 5) is 0. The fraction of sp³-hybridized carbons (Fsp3) is 0.500. The zero-order valence-electron chi connectivity index (χ0n) is 9.63. The van der Waals surface area contributed by atoms with Gasteiger partial charge in [0.15, 0.2) is 0 Å². The van der Waals surface area contributed by atoms with E-state index in [1.54, 1.807) is 0 Å². The van der Waals surface area contributed by atoms with E-state index in [4.69, 9.17) is 4.74 Å². The summed E-state index contributed by atoms with van der Waals surface area (Å²) in [7, 11) is 0. The summed E-state index contributed by atoms with van der Waals surface area (Å²) in [6, 6.07) is 5.22. The van der Waals surface area contributed by atoms with E-state index in [9.17, 15) is 18.3 Å². The molecule has 1 aromatic carbocycles. The van der Waals surface area contributed by atoms with E-state index in [1.807, 2.05) is 0 Å². The third kappa shape index (κ3) is 2.94. The molecule has 0 amide bonds. The van der Waals surface area contributed by atoms with E-state index in [0.29, 0.717) is 13.0 Å². The third-order valence-electron chi connectivity index (χ3n) is 2.92. The number of anilines is 1. The number of ether oxygens (including phenoxy) is 1. The highest BCUT2D eigenvalue weighted by Crippen LogP contribution is 2.34. The van der Waals surface area contributed by atoms with Crippen molar-refractivity contribution in [2.45, 2.75) is 18.2 Å². The summed E-state index contributed by atoms with van der Waals surface area (Å²) in [5, 5.41) is 12.6. The first-order valence-electron chi connectivity index (χ1n) is 5.61. The molecule has 6 heteroatoms. The van der Waals surface area contributed by atoms with Crippen molar-refractivity contribution >= 4 is 5.69 Å². The molecular formula is C12H14F3NO2. The van der Waals surface area contributed by atoms with E-state index in [1.165, 1.54) is 18.2 Å². The lowest BCUT2D eigenvalue weighted by Gasteiger charge is -2.23. The normalized spacial score (nSPS) is 24.2. The van der Waals surface area contributed by atoms with Gasteiger partial charge in [-0.25, -0.2) is 0 Å². The topological polar surface area (TPSA) is 41.5 Å². The van der Waals surface area contributed by atoms with Crippen LogP contribution >= 0.6 is 0 Å². The molecular weight excluding hydrogens is 247 g/mol. The van der Waals surface area contributed by atoms with Crippen LogP contribution in [0.4, 0.5) is 18.9 Å². The minimum Gasteiger partial charge on any atom is -0.386 e. The second kappa shape index (κ2) is 4.78. The maximum Gasteiger partial charge on any atom is 0.418 e. The number of nitrogens with one attached hydrogen (secondary N) is 1. The molecule has 1 atom stereocenters. The van der Waals surface area contributed by atoms with Gasteiger partial charge in [0.25, 0.3) is 0 Å². The quantitative estimate of drug-likeness (QED) is 0.877. The zero-order chi connectivity index (χ0) is 13.2. The Labute approximate surface area is 103 Å². The Kier molecular flexibility index (Phi) is 3.49. The van der Waals surface area contributed by atoms with Crippen molar-refractivity contribution in [1.29, 1.82) is 0 Å². The lowest BCUT2D eigenvalue weighted by atomic mass is 10.0. The highest BCUT2D eigenvalue weighted by molar-refractivity contribution is 5.52. The lowest BCUT2D eigenvalue weighted by molar-refractivity contribution is -0.137. The molecule has 1 fully saturated rings. The zero-order valence-corrected chi connectivity index (χ0v) is 9.63. The van der Waals surface area contributed by atoms with E-state index in [2.05, 4.69) is 5.32 Å². The Hall–Kier alpha value is -1.27. The van der Waals surface area contributed by atoms with Crippen LogP contribution in [0.1, 0.15) is 12.0 Å². The molecule has 1 aliphatic rings. The number of hydrogen-bond donors (Lipinski definition) is 2. The highest BCUT2D eigenvalue weighted by Gasteiger charge is 2.35. The fourth-order valence-corrected chi connectivity index (χ4v) is 1.88. The summed E-state index contributed by atoms with van der Waals surface area (Å²) in [5.41, 5.74) is -1.84. The van der Waals surface area contributed by atoms with Crippen molar-refractivity contribution in [3.63, 3.8) is 0 Å². The summed E-state index contributed by atoms with van der Waals surface area (Å²) >= 11 is 0. The Morgan fingerprint density at radius 2 is 2.06 bits per heavy atom. The minimum atomic E-state index is -4.40. The van der Waals surface area contributed by atoms with Gasteiger partial charge in [0.05, 0.1) is 12.2 Å². The van der Waals surface area contributed by atoms with Crippen LogP contribution < -0.4 is 5.32 Å². The molecule has 100 valence electrons. The number of halogens is 3. The molecule has 1 unspecified atom stereocenters. The molecule has 18 heavy (non-hydrogen) atoms. The first kappa shape index (κ1) is 13.2. The van der Waals surface area contributed by atoms with Gasteiger partial charge in [-0.3, -0.25) is 0 Å². The maximum atomic E-state index is 12.7. The Morgan fingerprint density at radius 3 is 2.67 bits per heavy atom. The number of benzene rings is 1. The largest absolute Gasteiger partial charge is 0.418 e. The van der Waals surface area contributed by atoms with Crippen LogP contribution in [0.15, 0.2) is 24.3 Å². The molecule has 0 bridgehead atoms. The standard InChI is InChI=1S/C12H14F3NO2/c13-12(14,15)9-3-1-2-4-10(9)16-7-11(17)5-6-18-8-11/h1-4,16-17H,5-8H2. The Balaban J connectivity index is 2.10. The molecule has 0 spiro atoms. The number of para-hydroxylation sites is 1. The average molecular weight is 261 g/mol. The van der Waals surface area contributed by atoms with Crippen molar-refractivity contribution in [1.82, 2.24) is 0 Å².